The zero-order valence-electron chi connectivity index (χ0n) is 9.34. The average Bonchev–Trinajstić information content (AvgIpc) is 2.78. The molecule has 0 aliphatic heterocycles. The van der Waals surface area contributed by atoms with Crippen molar-refractivity contribution < 1.29 is 4.52 Å². The summed E-state index contributed by atoms with van der Waals surface area (Å²) in [5, 5.41) is 7.06. The first kappa shape index (κ1) is 10.8. The molecule has 2 rings (SSSR count). The molecule has 0 radical (unpaired) electrons. The van der Waals surface area contributed by atoms with Crippen LogP contribution in [0.2, 0.25) is 0 Å². The van der Waals surface area contributed by atoms with Crippen molar-refractivity contribution in [2.75, 3.05) is 7.05 Å². The number of rotatable bonds is 4. The zero-order valence-corrected chi connectivity index (χ0v) is 9.34. The van der Waals surface area contributed by atoms with E-state index in [1.807, 2.05) is 19.2 Å². The van der Waals surface area contributed by atoms with Crippen LogP contribution in [0.3, 0.4) is 0 Å². The third-order valence-corrected chi connectivity index (χ3v) is 2.36. The van der Waals surface area contributed by atoms with Gasteiger partial charge in [-0.05, 0) is 26.1 Å². The summed E-state index contributed by atoms with van der Waals surface area (Å²) in [5.74, 6) is 1.23. The maximum atomic E-state index is 5.17. The van der Waals surface area contributed by atoms with Gasteiger partial charge in [-0.1, -0.05) is 5.16 Å². The Morgan fingerprint density at radius 1 is 1.50 bits per heavy atom. The molecule has 5 heteroatoms. The van der Waals surface area contributed by atoms with Crippen molar-refractivity contribution in [1.29, 1.82) is 0 Å². The summed E-state index contributed by atoms with van der Waals surface area (Å²) in [6, 6.07) is 4.07. The molecule has 1 N–H and O–H groups in total. The van der Waals surface area contributed by atoms with Gasteiger partial charge in [0.25, 0.3) is 5.89 Å². The van der Waals surface area contributed by atoms with E-state index >= 15 is 0 Å². The molecule has 0 aliphatic rings. The molecule has 0 bridgehead atoms. The number of aromatic nitrogens is 3. The summed E-state index contributed by atoms with van der Waals surface area (Å²) in [4.78, 5) is 8.32. The summed E-state index contributed by atoms with van der Waals surface area (Å²) in [5.41, 5.74) is 0.846. The van der Waals surface area contributed by atoms with E-state index in [-0.39, 0.29) is 0 Å². The third kappa shape index (κ3) is 2.43. The Morgan fingerprint density at radius 3 is 3.06 bits per heavy atom. The van der Waals surface area contributed by atoms with Gasteiger partial charge in [0.05, 0.1) is 5.56 Å². The van der Waals surface area contributed by atoms with Crippen molar-refractivity contribution in [1.82, 2.24) is 20.4 Å². The largest absolute Gasteiger partial charge is 0.334 e. The summed E-state index contributed by atoms with van der Waals surface area (Å²) in [6.07, 6.45) is 4.17. The maximum Gasteiger partial charge on any atom is 0.259 e. The van der Waals surface area contributed by atoms with Crippen LogP contribution < -0.4 is 5.32 Å². The predicted molar refractivity (Wildman–Crippen MR) is 59.8 cm³/mol. The molecule has 2 heterocycles. The van der Waals surface area contributed by atoms with Crippen molar-refractivity contribution in [3.8, 4) is 11.5 Å². The standard InChI is InChI=1S/C11H14N4O/c1-8(12-2)6-10-14-11(16-15-10)9-4-3-5-13-7-9/h3-5,7-8,12H,6H2,1-2H3. The molecule has 0 fully saturated rings. The van der Waals surface area contributed by atoms with E-state index in [0.29, 0.717) is 17.8 Å². The van der Waals surface area contributed by atoms with Crippen LogP contribution >= 0.6 is 0 Å². The van der Waals surface area contributed by atoms with E-state index < -0.39 is 0 Å². The van der Waals surface area contributed by atoms with Crippen molar-refractivity contribution in [2.24, 2.45) is 0 Å². The third-order valence-electron chi connectivity index (χ3n) is 2.36. The highest BCUT2D eigenvalue weighted by Crippen LogP contribution is 2.15. The molecule has 2 aromatic heterocycles. The van der Waals surface area contributed by atoms with Crippen LogP contribution in [0.15, 0.2) is 29.0 Å². The van der Waals surface area contributed by atoms with Gasteiger partial charge in [-0.2, -0.15) is 4.98 Å². The molecule has 0 aliphatic carbocycles. The summed E-state index contributed by atoms with van der Waals surface area (Å²) < 4.78 is 5.17. The minimum atomic E-state index is 0.333. The van der Waals surface area contributed by atoms with Crippen LogP contribution in [-0.4, -0.2) is 28.2 Å². The average molecular weight is 218 g/mol. The van der Waals surface area contributed by atoms with Gasteiger partial charge in [-0.3, -0.25) is 4.98 Å². The van der Waals surface area contributed by atoms with E-state index in [9.17, 15) is 0 Å². The fourth-order valence-electron chi connectivity index (χ4n) is 1.32. The number of pyridine rings is 1. The second-order valence-corrected chi connectivity index (χ2v) is 3.65. The fraction of sp³-hybridized carbons (Fsp3) is 0.364. The zero-order chi connectivity index (χ0) is 11.4. The highest BCUT2D eigenvalue weighted by atomic mass is 16.5. The van der Waals surface area contributed by atoms with E-state index in [4.69, 9.17) is 4.52 Å². The molecule has 2 aromatic rings. The van der Waals surface area contributed by atoms with Crippen molar-refractivity contribution in [3.05, 3.63) is 30.4 Å². The van der Waals surface area contributed by atoms with Gasteiger partial charge in [0, 0.05) is 24.9 Å². The van der Waals surface area contributed by atoms with Gasteiger partial charge < -0.3 is 9.84 Å². The molecule has 0 aromatic carbocycles. The first-order valence-electron chi connectivity index (χ1n) is 5.20. The van der Waals surface area contributed by atoms with E-state index in [1.54, 1.807) is 12.4 Å². The number of hydrogen-bond donors (Lipinski definition) is 1. The van der Waals surface area contributed by atoms with Crippen LogP contribution in [0.1, 0.15) is 12.7 Å². The first-order chi connectivity index (χ1) is 7.79. The van der Waals surface area contributed by atoms with Crippen molar-refractivity contribution in [3.63, 3.8) is 0 Å². The van der Waals surface area contributed by atoms with Gasteiger partial charge in [0.1, 0.15) is 0 Å². The Kier molecular flexibility index (Phi) is 3.26. The van der Waals surface area contributed by atoms with Gasteiger partial charge >= 0.3 is 0 Å². The fourth-order valence-corrected chi connectivity index (χ4v) is 1.32. The second-order valence-electron chi connectivity index (χ2n) is 3.65. The molecule has 5 nitrogen and oxygen atoms in total. The molecule has 1 unspecified atom stereocenters. The maximum absolute atomic E-state index is 5.17. The molecule has 0 saturated heterocycles. The molecule has 84 valence electrons. The lowest BCUT2D eigenvalue weighted by Crippen LogP contribution is -2.24. The predicted octanol–water partition coefficient (Wildman–Crippen LogP) is 1.28. The Balaban J connectivity index is 2.14. The number of likely N-dealkylation sites (N-methyl/N-ethyl adjacent to an activating group) is 1. The lowest BCUT2D eigenvalue weighted by atomic mass is 10.2. The van der Waals surface area contributed by atoms with Gasteiger partial charge in [-0.25, -0.2) is 0 Å². The molecule has 0 amide bonds. The molecule has 16 heavy (non-hydrogen) atoms. The Morgan fingerprint density at radius 2 is 2.38 bits per heavy atom. The van der Waals surface area contributed by atoms with Crippen LogP contribution in [0.4, 0.5) is 0 Å². The summed E-state index contributed by atoms with van der Waals surface area (Å²) in [7, 11) is 1.91. The normalized spacial score (nSPS) is 12.6. The smallest absolute Gasteiger partial charge is 0.259 e. The SMILES string of the molecule is CNC(C)Cc1noc(-c2cccnc2)n1. The van der Waals surface area contributed by atoms with Crippen LogP contribution in [0, 0.1) is 0 Å². The van der Waals surface area contributed by atoms with Crippen molar-refractivity contribution in [2.45, 2.75) is 19.4 Å². The minimum absolute atomic E-state index is 0.333. The van der Waals surface area contributed by atoms with Crippen LogP contribution in [0.5, 0.6) is 0 Å². The first-order valence-corrected chi connectivity index (χ1v) is 5.20. The minimum Gasteiger partial charge on any atom is -0.334 e. The highest BCUT2D eigenvalue weighted by Gasteiger charge is 2.10. The quantitative estimate of drug-likeness (QED) is 0.837. The molecular weight excluding hydrogens is 204 g/mol. The van der Waals surface area contributed by atoms with Gasteiger partial charge in [0.2, 0.25) is 0 Å². The molecular formula is C11H14N4O. The second kappa shape index (κ2) is 4.85. The Labute approximate surface area is 93.9 Å². The monoisotopic (exact) mass is 218 g/mol. The topological polar surface area (TPSA) is 63.8 Å². The summed E-state index contributed by atoms with van der Waals surface area (Å²) >= 11 is 0. The van der Waals surface area contributed by atoms with Gasteiger partial charge in [-0.15, -0.1) is 0 Å². The lowest BCUT2D eigenvalue weighted by molar-refractivity contribution is 0.418. The molecule has 0 saturated carbocycles. The Hall–Kier alpha value is -1.75. The van der Waals surface area contributed by atoms with E-state index in [1.165, 1.54) is 0 Å². The number of nitrogens with one attached hydrogen (secondary N) is 1. The number of hydrogen-bond acceptors (Lipinski definition) is 5. The molecule has 1 atom stereocenters. The lowest BCUT2D eigenvalue weighted by Gasteiger charge is -2.04. The number of nitrogens with zero attached hydrogens (tertiary/aromatic N) is 3. The Bertz CT molecular complexity index is 440. The van der Waals surface area contributed by atoms with Gasteiger partial charge in [0.15, 0.2) is 5.82 Å². The van der Waals surface area contributed by atoms with E-state index in [2.05, 4.69) is 27.4 Å². The van der Waals surface area contributed by atoms with Crippen LogP contribution in [-0.2, 0) is 6.42 Å². The van der Waals surface area contributed by atoms with E-state index in [0.717, 1.165) is 12.0 Å². The highest BCUT2D eigenvalue weighted by molar-refractivity contribution is 5.50. The summed E-state index contributed by atoms with van der Waals surface area (Å²) in [6.45, 7) is 2.07. The van der Waals surface area contributed by atoms with Crippen LogP contribution in [0.25, 0.3) is 11.5 Å². The van der Waals surface area contributed by atoms with Crippen molar-refractivity contribution >= 4 is 0 Å². The molecule has 0 spiro atoms.